The van der Waals surface area contributed by atoms with Crippen molar-refractivity contribution in [2.24, 2.45) is 5.10 Å². The van der Waals surface area contributed by atoms with Gasteiger partial charge in [0.05, 0.1) is 11.8 Å². The van der Waals surface area contributed by atoms with Crippen molar-refractivity contribution in [3.05, 3.63) is 71.3 Å². The number of nitrogens with zero attached hydrogens (tertiary/aromatic N) is 1. The molecule has 0 radical (unpaired) electrons. The van der Waals surface area contributed by atoms with Gasteiger partial charge in [0.1, 0.15) is 0 Å². The number of amides is 2. The Kier molecular flexibility index (Phi) is 3.69. The van der Waals surface area contributed by atoms with Gasteiger partial charge in [0.2, 0.25) is 0 Å². The van der Waals surface area contributed by atoms with Gasteiger partial charge >= 0.3 is 6.03 Å². The number of hydrogen-bond donors (Lipinski definition) is 2. The highest BCUT2D eigenvalue weighted by Gasteiger charge is 2.21. The molecule has 106 valence electrons. The van der Waals surface area contributed by atoms with Crippen molar-refractivity contribution in [3.8, 4) is 0 Å². The smallest absolute Gasteiger partial charge is 0.329 e. The highest BCUT2D eigenvalue weighted by molar-refractivity contribution is 6.02. The molecule has 0 bridgehead atoms. The summed E-state index contributed by atoms with van der Waals surface area (Å²) >= 11 is 0. The van der Waals surface area contributed by atoms with Gasteiger partial charge in [-0.1, -0.05) is 60.2 Å². The zero-order chi connectivity index (χ0) is 14.7. The van der Waals surface area contributed by atoms with E-state index in [1.807, 2.05) is 49.4 Å². The van der Waals surface area contributed by atoms with E-state index in [-0.39, 0.29) is 12.1 Å². The van der Waals surface area contributed by atoms with Gasteiger partial charge in [-0.05, 0) is 18.1 Å². The van der Waals surface area contributed by atoms with Gasteiger partial charge in [-0.25, -0.2) is 10.2 Å². The first-order chi connectivity index (χ1) is 10.2. The average Bonchev–Trinajstić information content (AvgIpc) is 2.71. The molecule has 1 heterocycles. The number of hydrogen-bond acceptors (Lipinski definition) is 2. The predicted molar refractivity (Wildman–Crippen MR) is 83.2 cm³/mol. The number of rotatable bonds is 2. The largest absolute Gasteiger partial charge is 0.335 e. The quantitative estimate of drug-likeness (QED) is 0.871. The standard InChI is InChI=1S/C17H17N3O/c1-12-7-9-14(10-8-12)15-11-16(19-20-17(21)18-15)13-5-3-2-4-6-13/h2-10,15H,11H2,1H3,(H2,18,20,21). The summed E-state index contributed by atoms with van der Waals surface area (Å²) in [4.78, 5) is 11.8. The van der Waals surface area contributed by atoms with Crippen molar-refractivity contribution in [1.29, 1.82) is 0 Å². The molecule has 2 aromatic rings. The third kappa shape index (κ3) is 3.11. The molecule has 3 rings (SSSR count). The molecule has 0 fully saturated rings. The van der Waals surface area contributed by atoms with Crippen LogP contribution in [0.1, 0.15) is 29.2 Å². The van der Waals surface area contributed by atoms with Crippen LogP contribution in [0.5, 0.6) is 0 Å². The summed E-state index contributed by atoms with van der Waals surface area (Å²) < 4.78 is 0. The molecule has 2 amide bonds. The van der Waals surface area contributed by atoms with Crippen LogP contribution in [-0.4, -0.2) is 11.7 Å². The molecule has 2 aromatic carbocycles. The Bertz CT molecular complexity index is 662. The third-order valence-corrected chi connectivity index (χ3v) is 3.58. The minimum atomic E-state index is -0.272. The van der Waals surface area contributed by atoms with Crippen molar-refractivity contribution >= 4 is 11.7 Å². The zero-order valence-electron chi connectivity index (χ0n) is 11.8. The normalized spacial score (nSPS) is 18.2. The van der Waals surface area contributed by atoms with Crippen LogP contribution in [0.3, 0.4) is 0 Å². The van der Waals surface area contributed by atoms with Crippen LogP contribution < -0.4 is 10.7 Å². The Balaban J connectivity index is 1.90. The number of nitrogens with one attached hydrogen (secondary N) is 2. The van der Waals surface area contributed by atoms with Gasteiger partial charge in [0.25, 0.3) is 0 Å². The highest BCUT2D eigenvalue weighted by atomic mass is 16.2. The molecular formula is C17H17N3O. The van der Waals surface area contributed by atoms with Gasteiger partial charge in [-0.15, -0.1) is 0 Å². The first-order valence-electron chi connectivity index (χ1n) is 6.97. The van der Waals surface area contributed by atoms with Gasteiger partial charge < -0.3 is 5.32 Å². The lowest BCUT2D eigenvalue weighted by Gasteiger charge is -2.16. The molecule has 0 saturated heterocycles. The summed E-state index contributed by atoms with van der Waals surface area (Å²) in [5.41, 5.74) is 6.73. The minimum Gasteiger partial charge on any atom is -0.329 e. The number of hydrazone groups is 1. The van der Waals surface area contributed by atoms with Crippen molar-refractivity contribution in [3.63, 3.8) is 0 Å². The Labute approximate surface area is 123 Å². The molecule has 0 spiro atoms. The third-order valence-electron chi connectivity index (χ3n) is 3.58. The molecule has 1 unspecified atom stereocenters. The topological polar surface area (TPSA) is 53.5 Å². The van der Waals surface area contributed by atoms with Crippen molar-refractivity contribution in [1.82, 2.24) is 10.7 Å². The molecule has 1 atom stereocenters. The van der Waals surface area contributed by atoms with Crippen LogP contribution in [-0.2, 0) is 0 Å². The number of benzene rings is 2. The summed E-state index contributed by atoms with van der Waals surface area (Å²) in [5, 5.41) is 7.17. The van der Waals surface area contributed by atoms with E-state index in [0.717, 1.165) is 16.8 Å². The number of urea groups is 1. The maximum Gasteiger partial charge on any atom is 0.335 e. The monoisotopic (exact) mass is 279 g/mol. The predicted octanol–water partition coefficient (Wildman–Crippen LogP) is 3.14. The van der Waals surface area contributed by atoms with Crippen LogP contribution in [0, 0.1) is 6.92 Å². The molecule has 0 aromatic heterocycles. The van der Waals surface area contributed by atoms with Crippen LogP contribution in [0.15, 0.2) is 59.7 Å². The van der Waals surface area contributed by atoms with E-state index in [1.165, 1.54) is 5.56 Å². The lowest BCUT2D eigenvalue weighted by molar-refractivity contribution is 0.239. The van der Waals surface area contributed by atoms with E-state index < -0.39 is 0 Å². The van der Waals surface area contributed by atoms with Crippen LogP contribution in [0.25, 0.3) is 0 Å². The summed E-state index contributed by atoms with van der Waals surface area (Å²) in [5.74, 6) is 0. The van der Waals surface area contributed by atoms with E-state index in [2.05, 4.69) is 28.0 Å². The first kappa shape index (κ1) is 13.4. The van der Waals surface area contributed by atoms with E-state index in [9.17, 15) is 4.79 Å². The minimum absolute atomic E-state index is 0.0768. The van der Waals surface area contributed by atoms with E-state index in [1.54, 1.807) is 0 Å². The molecule has 4 nitrogen and oxygen atoms in total. The Morgan fingerprint density at radius 1 is 1.05 bits per heavy atom. The fourth-order valence-corrected chi connectivity index (χ4v) is 2.41. The van der Waals surface area contributed by atoms with Crippen LogP contribution >= 0.6 is 0 Å². The van der Waals surface area contributed by atoms with Crippen LogP contribution in [0.2, 0.25) is 0 Å². The molecule has 1 aliphatic rings. The Morgan fingerprint density at radius 3 is 2.48 bits per heavy atom. The molecule has 4 heteroatoms. The Morgan fingerprint density at radius 2 is 1.76 bits per heavy atom. The molecule has 2 N–H and O–H groups in total. The second-order valence-corrected chi connectivity index (χ2v) is 5.18. The molecule has 21 heavy (non-hydrogen) atoms. The van der Waals surface area contributed by atoms with Crippen molar-refractivity contribution in [2.45, 2.75) is 19.4 Å². The Hall–Kier alpha value is -2.62. The average molecular weight is 279 g/mol. The second kappa shape index (κ2) is 5.79. The molecule has 0 saturated carbocycles. The second-order valence-electron chi connectivity index (χ2n) is 5.18. The van der Waals surface area contributed by atoms with Crippen molar-refractivity contribution in [2.75, 3.05) is 0 Å². The van der Waals surface area contributed by atoms with Gasteiger partial charge in [-0.3, -0.25) is 0 Å². The number of carbonyl (C=O) groups is 1. The summed E-state index contributed by atoms with van der Waals surface area (Å²) in [6.07, 6.45) is 0.659. The van der Waals surface area contributed by atoms with E-state index >= 15 is 0 Å². The fraction of sp³-hybridized carbons (Fsp3) is 0.176. The number of carbonyl (C=O) groups excluding carboxylic acids is 1. The van der Waals surface area contributed by atoms with Crippen LogP contribution in [0.4, 0.5) is 4.79 Å². The maximum atomic E-state index is 11.8. The van der Waals surface area contributed by atoms with Gasteiger partial charge in [-0.2, -0.15) is 5.10 Å². The van der Waals surface area contributed by atoms with Gasteiger partial charge in [0.15, 0.2) is 0 Å². The lowest BCUT2D eigenvalue weighted by atomic mass is 9.97. The highest BCUT2D eigenvalue weighted by Crippen LogP contribution is 2.21. The van der Waals surface area contributed by atoms with Crippen molar-refractivity contribution < 1.29 is 4.79 Å². The molecule has 0 aliphatic carbocycles. The van der Waals surface area contributed by atoms with E-state index in [0.29, 0.717) is 6.42 Å². The van der Waals surface area contributed by atoms with Gasteiger partial charge in [0, 0.05) is 6.42 Å². The maximum absolute atomic E-state index is 11.8. The SMILES string of the molecule is Cc1ccc(C2CC(c3ccccc3)=NNC(=O)N2)cc1. The number of aryl methyl sites for hydroxylation is 1. The zero-order valence-corrected chi connectivity index (χ0v) is 11.8. The first-order valence-corrected chi connectivity index (χ1v) is 6.97. The lowest BCUT2D eigenvalue weighted by Crippen LogP contribution is -2.33. The fourth-order valence-electron chi connectivity index (χ4n) is 2.41. The molecule has 1 aliphatic heterocycles. The van der Waals surface area contributed by atoms with E-state index in [4.69, 9.17) is 0 Å². The summed E-state index contributed by atoms with van der Waals surface area (Å²) in [6, 6.07) is 17.8. The summed E-state index contributed by atoms with van der Waals surface area (Å²) in [7, 11) is 0. The molecular weight excluding hydrogens is 262 g/mol. The summed E-state index contributed by atoms with van der Waals surface area (Å²) in [6.45, 7) is 2.05.